The topological polar surface area (TPSA) is 79.5 Å². The molecular weight excluding hydrogens is 282 g/mol. The smallest absolute Gasteiger partial charge is 0.291 e. The number of aromatic hydroxyl groups is 1. The van der Waals surface area contributed by atoms with E-state index >= 15 is 0 Å². The van der Waals surface area contributed by atoms with Crippen molar-refractivity contribution in [2.45, 2.75) is 6.92 Å². The number of phenolic OH excluding ortho intramolecular Hbond substituents is 1. The second-order valence-electron chi connectivity index (χ2n) is 4.98. The molecule has 1 aromatic heterocycles. The highest BCUT2D eigenvalue weighted by molar-refractivity contribution is 6.03. The van der Waals surface area contributed by atoms with Gasteiger partial charge in [-0.1, -0.05) is 17.7 Å². The van der Waals surface area contributed by atoms with Crippen LogP contribution < -0.4 is 10.7 Å². The van der Waals surface area contributed by atoms with Crippen molar-refractivity contribution < 1.29 is 14.3 Å². The molecular formula is C17H13NO4. The number of phenols is 1. The average molecular weight is 295 g/mol. The Labute approximate surface area is 125 Å². The van der Waals surface area contributed by atoms with Gasteiger partial charge in [0.05, 0.1) is 5.39 Å². The van der Waals surface area contributed by atoms with Gasteiger partial charge >= 0.3 is 0 Å². The second-order valence-corrected chi connectivity index (χ2v) is 4.98. The molecule has 0 saturated carbocycles. The number of hydrogen-bond donors (Lipinski definition) is 2. The molecule has 0 aliphatic heterocycles. The third kappa shape index (κ3) is 2.69. The molecule has 3 aromatic rings. The minimum atomic E-state index is -0.504. The summed E-state index contributed by atoms with van der Waals surface area (Å²) in [5.41, 5.74) is 1.56. The SMILES string of the molecule is Cc1ccc(NC(=O)c2cc(=O)c3cc(O)ccc3o2)cc1. The van der Waals surface area contributed by atoms with Crippen molar-refractivity contribution in [1.82, 2.24) is 0 Å². The summed E-state index contributed by atoms with van der Waals surface area (Å²) in [6.45, 7) is 1.95. The fourth-order valence-electron chi connectivity index (χ4n) is 2.09. The Balaban J connectivity index is 1.96. The maximum absolute atomic E-state index is 12.2. The van der Waals surface area contributed by atoms with Crippen LogP contribution in [0.1, 0.15) is 16.1 Å². The first-order valence-electron chi connectivity index (χ1n) is 6.68. The van der Waals surface area contributed by atoms with Crippen LogP contribution >= 0.6 is 0 Å². The first-order valence-corrected chi connectivity index (χ1v) is 6.68. The molecule has 0 radical (unpaired) electrons. The van der Waals surface area contributed by atoms with Crippen LogP contribution in [0.15, 0.2) is 57.7 Å². The summed E-state index contributed by atoms with van der Waals surface area (Å²) in [6, 6.07) is 12.6. The summed E-state index contributed by atoms with van der Waals surface area (Å²) in [5.74, 6) is -0.614. The van der Waals surface area contributed by atoms with Gasteiger partial charge in [-0.2, -0.15) is 0 Å². The van der Waals surface area contributed by atoms with Crippen LogP contribution in [-0.2, 0) is 0 Å². The van der Waals surface area contributed by atoms with E-state index in [4.69, 9.17) is 4.42 Å². The van der Waals surface area contributed by atoms with E-state index in [0.29, 0.717) is 5.69 Å². The number of aryl methyl sites for hydroxylation is 1. The van der Waals surface area contributed by atoms with Crippen molar-refractivity contribution in [3.8, 4) is 5.75 Å². The molecule has 1 amide bonds. The van der Waals surface area contributed by atoms with E-state index in [-0.39, 0.29) is 27.9 Å². The van der Waals surface area contributed by atoms with Gasteiger partial charge in [-0.25, -0.2) is 0 Å². The normalized spacial score (nSPS) is 10.6. The van der Waals surface area contributed by atoms with Crippen molar-refractivity contribution in [2.75, 3.05) is 5.32 Å². The van der Waals surface area contributed by atoms with Gasteiger partial charge in [-0.05, 0) is 37.3 Å². The molecule has 5 heteroatoms. The maximum Gasteiger partial charge on any atom is 0.291 e. The highest BCUT2D eigenvalue weighted by atomic mass is 16.3. The van der Waals surface area contributed by atoms with Crippen molar-refractivity contribution in [1.29, 1.82) is 0 Å². The minimum Gasteiger partial charge on any atom is -0.508 e. The number of rotatable bonds is 2. The quantitative estimate of drug-likeness (QED) is 0.761. The zero-order valence-electron chi connectivity index (χ0n) is 11.8. The molecule has 0 unspecified atom stereocenters. The minimum absolute atomic E-state index is 0.0309. The van der Waals surface area contributed by atoms with Gasteiger partial charge < -0.3 is 14.8 Å². The van der Waals surface area contributed by atoms with Crippen LogP contribution in [-0.4, -0.2) is 11.0 Å². The van der Waals surface area contributed by atoms with Crippen molar-refractivity contribution in [2.24, 2.45) is 0 Å². The van der Waals surface area contributed by atoms with Gasteiger partial charge in [-0.3, -0.25) is 9.59 Å². The highest BCUT2D eigenvalue weighted by Crippen LogP contribution is 2.19. The number of amides is 1. The molecule has 0 fully saturated rings. The Kier molecular flexibility index (Phi) is 3.39. The highest BCUT2D eigenvalue weighted by Gasteiger charge is 2.13. The van der Waals surface area contributed by atoms with E-state index in [1.807, 2.05) is 19.1 Å². The third-order valence-corrected chi connectivity index (χ3v) is 3.24. The summed E-state index contributed by atoms with van der Waals surface area (Å²) in [5, 5.41) is 12.3. The molecule has 2 aromatic carbocycles. The van der Waals surface area contributed by atoms with E-state index < -0.39 is 5.91 Å². The Morgan fingerprint density at radius 3 is 2.55 bits per heavy atom. The van der Waals surface area contributed by atoms with Crippen LogP contribution in [0, 0.1) is 6.92 Å². The molecule has 0 aliphatic rings. The van der Waals surface area contributed by atoms with E-state index in [0.717, 1.165) is 11.6 Å². The van der Waals surface area contributed by atoms with Crippen LogP contribution in [0.25, 0.3) is 11.0 Å². The molecule has 22 heavy (non-hydrogen) atoms. The van der Waals surface area contributed by atoms with Crippen molar-refractivity contribution >= 4 is 22.6 Å². The number of carbonyl (C=O) groups excluding carboxylic acids is 1. The van der Waals surface area contributed by atoms with Gasteiger partial charge in [0.1, 0.15) is 11.3 Å². The first-order chi connectivity index (χ1) is 10.5. The van der Waals surface area contributed by atoms with E-state index in [2.05, 4.69) is 5.32 Å². The molecule has 110 valence electrons. The summed E-state index contributed by atoms with van der Waals surface area (Å²) in [7, 11) is 0. The fraction of sp³-hybridized carbons (Fsp3) is 0.0588. The third-order valence-electron chi connectivity index (χ3n) is 3.24. The predicted octanol–water partition coefficient (Wildman–Crippen LogP) is 3.06. The summed E-state index contributed by atoms with van der Waals surface area (Å²) >= 11 is 0. The Morgan fingerprint density at radius 1 is 1.09 bits per heavy atom. The van der Waals surface area contributed by atoms with E-state index in [1.165, 1.54) is 18.2 Å². The van der Waals surface area contributed by atoms with E-state index in [9.17, 15) is 14.7 Å². The number of carbonyl (C=O) groups is 1. The van der Waals surface area contributed by atoms with Crippen molar-refractivity contribution in [3.05, 3.63) is 70.1 Å². The number of fused-ring (bicyclic) bond motifs is 1. The monoisotopic (exact) mass is 295 g/mol. The van der Waals surface area contributed by atoms with Gasteiger partial charge in [0.15, 0.2) is 11.2 Å². The Hall–Kier alpha value is -3.08. The molecule has 2 N–H and O–H groups in total. The number of nitrogens with one attached hydrogen (secondary N) is 1. The lowest BCUT2D eigenvalue weighted by molar-refractivity contribution is 0.0997. The van der Waals surface area contributed by atoms with Crippen LogP contribution in [0.2, 0.25) is 0 Å². The lowest BCUT2D eigenvalue weighted by Crippen LogP contribution is -2.14. The predicted molar refractivity (Wildman–Crippen MR) is 83.3 cm³/mol. The summed E-state index contributed by atoms with van der Waals surface area (Å²) < 4.78 is 5.43. The zero-order chi connectivity index (χ0) is 15.7. The van der Waals surface area contributed by atoms with Gasteiger partial charge in [0.2, 0.25) is 0 Å². The lowest BCUT2D eigenvalue weighted by atomic mass is 10.2. The molecule has 0 atom stereocenters. The molecule has 0 bridgehead atoms. The first kappa shape index (κ1) is 13.9. The van der Waals surface area contributed by atoms with E-state index in [1.54, 1.807) is 12.1 Å². The van der Waals surface area contributed by atoms with Crippen molar-refractivity contribution in [3.63, 3.8) is 0 Å². The fourth-order valence-corrected chi connectivity index (χ4v) is 2.09. The van der Waals surface area contributed by atoms with Crippen LogP contribution in [0.4, 0.5) is 5.69 Å². The van der Waals surface area contributed by atoms with Gasteiger partial charge in [-0.15, -0.1) is 0 Å². The second kappa shape index (κ2) is 5.37. The largest absolute Gasteiger partial charge is 0.508 e. The lowest BCUT2D eigenvalue weighted by Gasteiger charge is -2.06. The van der Waals surface area contributed by atoms with Gasteiger partial charge in [0, 0.05) is 11.8 Å². The molecule has 0 spiro atoms. The van der Waals surface area contributed by atoms with Crippen LogP contribution in [0.5, 0.6) is 5.75 Å². The standard InChI is InChI=1S/C17H13NO4/c1-10-2-4-11(5-3-10)18-17(21)16-9-14(20)13-8-12(19)6-7-15(13)22-16/h2-9,19H,1H3,(H,18,21). The zero-order valence-corrected chi connectivity index (χ0v) is 11.8. The number of hydrogen-bond acceptors (Lipinski definition) is 4. The van der Waals surface area contributed by atoms with Gasteiger partial charge in [0.25, 0.3) is 5.91 Å². The molecule has 0 aliphatic carbocycles. The van der Waals surface area contributed by atoms with Crippen LogP contribution in [0.3, 0.4) is 0 Å². The Bertz CT molecular complexity index is 910. The Morgan fingerprint density at radius 2 is 1.82 bits per heavy atom. The maximum atomic E-state index is 12.2. The molecule has 5 nitrogen and oxygen atoms in total. The number of benzene rings is 2. The molecule has 0 saturated heterocycles. The summed E-state index contributed by atoms with van der Waals surface area (Å²) in [6.07, 6.45) is 0. The molecule has 3 rings (SSSR count). The average Bonchev–Trinajstić information content (AvgIpc) is 2.50. The summed E-state index contributed by atoms with van der Waals surface area (Å²) in [4.78, 5) is 24.2. The number of anilines is 1. The molecule has 1 heterocycles.